The number of aryl methyl sites for hydroxylation is 1. The van der Waals surface area contributed by atoms with E-state index in [1.165, 1.54) is 7.11 Å². The van der Waals surface area contributed by atoms with Crippen LogP contribution < -0.4 is 20.7 Å². The summed E-state index contributed by atoms with van der Waals surface area (Å²) >= 11 is 0. The molecule has 50 heavy (non-hydrogen) atoms. The predicted octanol–water partition coefficient (Wildman–Crippen LogP) is 6.38. The van der Waals surface area contributed by atoms with Crippen LogP contribution in [0.3, 0.4) is 0 Å². The summed E-state index contributed by atoms with van der Waals surface area (Å²) in [5.74, 6) is -0.261. The number of benzene rings is 4. The van der Waals surface area contributed by atoms with E-state index in [0.29, 0.717) is 38.2 Å². The zero-order chi connectivity index (χ0) is 34.7. The summed E-state index contributed by atoms with van der Waals surface area (Å²) in [6.07, 6.45) is 3.75. The molecule has 1 saturated heterocycles. The number of morpholine rings is 1. The maximum Gasteiger partial charge on any atom is 0.420 e. The van der Waals surface area contributed by atoms with Gasteiger partial charge in [0, 0.05) is 31.4 Å². The number of carbonyl (C=O) groups is 2. The second-order valence-corrected chi connectivity index (χ2v) is 12.2. The highest BCUT2D eigenvalue weighted by atomic mass is 16.5. The molecule has 2 amide bonds. The summed E-state index contributed by atoms with van der Waals surface area (Å²) in [7, 11) is 1.27. The first-order chi connectivity index (χ1) is 24.5. The van der Waals surface area contributed by atoms with Gasteiger partial charge in [0.05, 0.1) is 24.9 Å². The molecule has 1 aromatic heterocycles. The first-order valence-corrected chi connectivity index (χ1v) is 16.9. The van der Waals surface area contributed by atoms with Crippen LogP contribution in [0.4, 0.5) is 10.5 Å². The summed E-state index contributed by atoms with van der Waals surface area (Å²) in [5.41, 5.74) is 12.0. The van der Waals surface area contributed by atoms with E-state index in [9.17, 15) is 9.59 Å². The zero-order valence-corrected chi connectivity index (χ0v) is 28.1. The highest BCUT2D eigenvalue weighted by Gasteiger charge is 2.36. The van der Waals surface area contributed by atoms with Crippen molar-refractivity contribution in [3.63, 3.8) is 0 Å². The number of amides is 2. The predicted molar refractivity (Wildman–Crippen MR) is 194 cm³/mol. The van der Waals surface area contributed by atoms with Crippen molar-refractivity contribution >= 4 is 17.7 Å². The maximum absolute atomic E-state index is 14.3. The molecule has 0 bridgehead atoms. The standard InChI is InChI=1S/C41H42N4O5/c1-48-41(47)45(40(46)39(42)38(32-11-4-2-5-12-32)33-13-6-3-7-14-33)37-15-9-8-10-31(37)18-21-35-26-44-27-36(50-35)28-49-34-19-16-29(17-20-34)30-22-24-43-25-23-30/h2-17,19-20,22-25,35-36,38-39,44H,18,21,26-28,42H2,1H3/t35-,36+,39+/m1/s1. The van der Waals surface area contributed by atoms with Crippen LogP contribution in [0.15, 0.2) is 134 Å². The quantitative estimate of drug-likeness (QED) is 0.157. The number of pyridine rings is 1. The van der Waals surface area contributed by atoms with Gasteiger partial charge in [0.15, 0.2) is 0 Å². The number of hydrogen-bond acceptors (Lipinski definition) is 8. The smallest absolute Gasteiger partial charge is 0.420 e. The summed E-state index contributed by atoms with van der Waals surface area (Å²) in [6.45, 7) is 1.76. The molecule has 4 aromatic carbocycles. The van der Waals surface area contributed by atoms with Gasteiger partial charge in [0.2, 0.25) is 0 Å². The van der Waals surface area contributed by atoms with Crippen molar-refractivity contribution in [1.29, 1.82) is 0 Å². The molecule has 2 heterocycles. The molecule has 3 atom stereocenters. The van der Waals surface area contributed by atoms with Crippen molar-refractivity contribution in [1.82, 2.24) is 10.3 Å². The fraction of sp³-hybridized carbons (Fsp3) is 0.244. The van der Waals surface area contributed by atoms with Gasteiger partial charge in [-0.3, -0.25) is 9.78 Å². The number of carbonyl (C=O) groups excluding carboxylic acids is 2. The number of imide groups is 1. The number of para-hydroxylation sites is 1. The Kier molecular flexibility index (Phi) is 11.6. The van der Waals surface area contributed by atoms with Gasteiger partial charge in [-0.1, -0.05) is 91.0 Å². The fourth-order valence-corrected chi connectivity index (χ4v) is 6.39. The molecule has 1 aliphatic rings. The van der Waals surface area contributed by atoms with Crippen LogP contribution in [0.1, 0.15) is 29.0 Å². The van der Waals surface area contributed by atoms with Crippen LogP contribution in [0.2, 0.25) is 0 Å². The molecule has 3 N–H and O–H groups in total. The molecule has 5 aromatic rings. The van der Waals surface area contributed by atoms with Gasteiger partial charge >= 0.3 is 6.09 Å². The minimum atomic E-state index is -1.06. The molecule has 6 rings (SSSR count). The van der Waals surface area contributed by atoms with E-state index in [2.05, 4.69) is 10.3 Å². The van der Waals surface area contributed by atoms with Crippen LogP contribution in [-0.2, 0) is 20.7 Å². The SMILES string of the molecule is COC(=O)N(C(=O)[C@@H](N)C(c1ccccc1)c1ccccc1)c1ccccc1CC[C@@H]1CNC[C@@H](COc2ccc(-c3ccncc3)cc2)O1. The highest BCUT2D eigenvalue weighted by molar-refractivity contribution is 6.15. The Morgan fingerprint density at radius 3 is 2.08 bits per heavy atom. The van der Waals surface area contributed by atoms with Crippen molar-refractivity contribution in [2.45, 2.75) is 37.0 Å². The molecule has 0 radical (unpaired) electrons. The number of hydrogen-bond donors (Lipinski definition) is 2. The lowest BCUT2D eigenvalue weighted by Crippen LogP contribution is -2.50. The van der Waals surface area contributed by atoms with Crippen molar-refractivity contribution in [3.05, 3.63) is 150 Å². The van der Waals surface area contributed by atoms with Gasteiger partial charge in [-0.2, -0.15) is 0 Å². The third kappa shape index (κ3) is 8.44. The molecule has 256 valence electrons. The Morgan fingerprint density at radius 2 is 1.42 bits per heavy atom. The molecular formula is C41H42N4O5. The van der Waals surface area contributed by atoms with Crippen LogP contribution in [0, 0.1) is 0 Å². The molecule has 9 nitrogen and oxygen atoms in total. The minimum absolute atomic E-state index is 0.0930. The van der Waals surface area contributed by atoms with Gasteiger partial charge < -0.3 is 25.3 Å². The number of ether oxygens (including phenoxy) is 3. The number of aromatic nitrogens is 1. The van der Waals surface area contributed by atoms with Gasteiger partial charge in [0.1, 0.15) is 18.5 Å². The van der Waals surface area contributed by atoms with Crippen molar-refractivity contribution in [3.8, 4) is 16.9 Å². The Bertz CT molecular complexity index is 1780. The fourth-order valence-electron chi connectivity index (χ4n) is 6.39. The lowest BCUT2D eigenvalue weighted by Gasteiger charge is -2.32. The Morgan fingerprint density at radius 1 is 0.820 bits per heavy atom. The molecule has 0 aliphatic carbocycles. The number of methoxy groups -OCH3 is 1. The van der Waals surface area contributed by atoms with Crippen molar-refractivity contribution in [2.24, 2.45) is 5.73 Å². The third-order valence-corrected chi connectivity index (χ3v) is 8.94. The Labute approximate surface area is 293 Å². The van der Waals surface area contributed by atoms with Crippen molar-refractivity contribution in [2.75, 3.05) is 31.7 Å². The van der Waals surface area contributed by atoms with Gasteiger partial charge in [0.25, 0.3) is 5.91 Å². The second kappa shape index (κ2) is 16.8. The Hall–Kier alpha value is -5.35. The van der Waals surface area contributed by atoms with E-state index < -0.39 is 24.0 Å². The van der Waals surface area contributed by atoms with Crippen LogP contribution >= 0.6 is 0 Å². The number of nitrogens with one attached hydrogen (secondary N) is 1. The van der Waals surface area contributed by atoms with E-state index in [1.807, 2.05) is 109 Å². The van der Waals surface area contributed by atoms with E-state index >= 15 is 0 Å². The molecule has 9 heteroatoms. The molecule has 0 spiro atoms. The molecule has 0 saturated carbocycles. The second-order valence-electron chi connectivity index (χ2n) is 12.2. The van der Waals surface area contributed by atoms with Crippen LogP contribution in [0.25, 0.3) is 11.1 Å². The normalized spacial score (nSPS) is 16.4. The van der Waals surface area contributed by atoms with Crippen molar-refractivity contribution < 1.29 is 23.8 Å². The first-order valence-electron chi connectivity index (χ1n) is 16.9. The van der Waals surface area contributed by atoms with E-state index in [0.717, 1.165) is 38.5 Å². The molecule has 1 fully saturated rings. The number of rotatable bonds is 12. The summed E-state index contributed by atoms with van der Waals surface area (Å²) < 4.78 is 17.6. The summed E-state index contributed by atoms with van der Waals surface area (Å²) in [4.78, 5) is 32.7. The zero-order valence-electron chi connectivity index (χ0n) is 28.1. The average molecular weight is 671 g/mol. The van der Waals surface area contributed by atoms with Crippen LogP contribution in [0.5, 0.6) is 5.75 Å². The first kappa shape index (κ1) is 34.5. The molecular weight excluding hydrogens is 628 g/mol. The summed E-state index contributed by atoms with van der Waals surface area (Å²) in [6, 6.07) is 37.5. The van der Waals surface area contributed by atoms with E-state index in [1.54, 1.807) is 24.5 Å². The monoisotopic (exact) mass is 670 g/mol. The topological polar surface area (TPSA) is 116 Å². The number of nitrogens with two attached hydrogens (primary N) is 1. The van der Waals surface area contributed by atoms with E-state index in [-0.39, 0.29) is 12.2 Å². The van der Waals surface area contributed by atoms with Gasteiger partial charge in [-0.25, -0.2) is 9.69 Å². The largest absolute Gasteiger partial charge is 0.491 e. The van der Waals surface area contributed by atoms with Crippen LogP contribution in [-0.4, -0.2) is 62.0 Å². The summed E-state index contributed by atoms with van der Waals surface area (Å²) in [5, 5.41) is 3.46. The Balaban J connectivity index is 1.12. The van der Waals surface area contributed by atoms with E-state index in [4.69, 9.17) is 19.9 Å². The highest BCUT2D eigenvalue weighted by Crippen LogP contribution is 2.31. The average Bonchev–Trinajstić information content (AvgIpc) is 3.18. The molecule has 0 unspecified atom stereocenters. The molecule has 1 aliphatic heterocycles. The lowest BCUT2D eigenvalue weighted by molar-refractivity contribution is -0.119. The van der Waals surface area contributed by atoms with Gasteiger partial charge in [-0.05, 0) is 71.0 Å². The minimum Gasteiger partial charge on any atom is -0.491 e. The van der Waals surface area contributed by atoms with Gasteiger partial charge in [-0.15, -0.1) is 0 Å². The lowest BCUT2D eigenvalue weighted by atomic mass is 9.84. The third-order valence-electron chi connectivity index (χ3n) is 8.94. The number of nitrogens with zero attached hydrogens (tertiary/aromatic N) is 2. The maximum atomic E-state index is 14.3. The number of anilines is 1.